The second kappa shape index (κ2) is 8.98. The lowest BCUT2D eigenvalue weighted by Gasteiger charge is -2.10. The Morgan fingerprint density at radius 1 is 1.12 bits per heavy atom. The summed E-state index contributed by atoms with van der Waals surface area (Å²) in [5.41, 5.74) is 2.86. The van der Waals surface area contributed by atoms with Crippen LogP contribution in [0.3, 0.4) is 0 Å². The number of anilines is 1. The molecule has 6 heteroatoms. The summed E-state index contributed by atoms with van der Waals surface area (Å²) < 4.78 is 0. The van der Waals surface area contributed by atoms with Gasteiger partial charge < -0.3 is 15.5 Å². The molecule has 2 aromatic rings. The molecular formula is C18H25N5O. The lowest BCUT2D eigenvalue weighted by molar-refractivity contribution is 0.0951. The average molecular weight is 327 g/mol. The molecule has 0 fully saturated rings. The molecule has 1 amide bonds. The molecule has 0 unspecified atom stereocenters. The van der Waals surface area contributed by atoms with Gasteiger partial charge in [-0.3, -0.25) is 4.79 Å². The molecule has 1 aromatic heterocycles. The summed E-state index contributed by atoms with van der Waals surface area (Å²) in [5.74, 6) is 0.374. The zero-order valence-corrected chi connectivity index (χ0v) is 14.5. The Labute approximate surface area is 143 Å². The van der Waals surface area contributed by atoms with Crippen LogP contribution in [0.2, 0.25) is 0 Å². The highest BCUT2D eigenvalue weighted by Gasteiger charge is 2.06. The van der Waals surface area contributed by atoms with Gasteiger partial charge in [0.05, 0.1) is 5.56 Å². The Morgan fingerprint density at radius 3 is 2.42 bits per heavy atom. The van der Waals surface area contributed by atoms with Crippen molar-refractivity contribution in [3.05, 3.63) is 53.3 Å². The van der Waals surface area contributed by atoms with E-state index < -0.39 is 0 Å². The van der Waals surface area contributed by atoms with Crippen molar-refractivity contribution in [3.63, 3.8) is 0 Å². The van der Waals surface area contributed by atoms with E-state index in [0.29, 0.717) is 24.6 Å². The number of hydrogen-bond acceptors (Lipinski definition) is 5. The van der Waals surface area contributed by atoms with Crippen LogP contribution in [0.5, 0.6) is 0 Å². The molecule has 0 aliphatic rings. The second-order valence-electron chi connectivity index (χ2n) is 6.05. The summed E-state index contributed by atoms with van der Waals surface area (Å²) in [6.45, 7) is 4.30. The van der Waals surface area contributed by atoms with Crippen LogP contribution in [0.15, 0.2) is 36.7 Å². The summed E-state index contributed by atoms with van der Waals surface area (Å²) in [4.78, 5) is 22.5. The van der Waals surface area contributed by atoms with Crippen LogP contribution >= 0.6 is 0 Å². The van der Waals surface area contributed by atoms with E-state index in [2.05, 4.69) is 56.7 Å². The Bertz CT molecular complexity index is 637. The summed E-state index contributed by atoms with van der Waals surface area (Å²) in [7, 11) is 4.02. The Balaban J connectivity index is 1.79. The third kappa shape index (κ3) is 5.96. The molecule has 128 valence electrons. The third-order valence-electron chi connectivity index (χ3n) is 3.55. The first-order chi connectivity index (χ1) is 11.5. The maximum atomic E-state index is 12.0. The van der Waals surface area contributed by atoms with Gasteiger partial charge in [0.25, 0.3) is 5.91 Å². The van der Waals surface area contributed by atoms with Crippen LogP contribution in [0.4, 0.5) is 5.95 Å². The molecule has 0 aliphatic carbocycles. The van der Waals surface area contributed by atoms with Crippen LogP contribution < -0.4 is 10.6 Å². The molecule has 0 saturated carbocycles. The Morgan fingerprint density at radius 2 is 1.79 bits per heavy atom. The SMILES string of the molecule is Cc1ccc(CNc2ncc(C(=O)NCCCN(C)C)cn2)cc1. The highest BCUT2D eigenvalue weighted by Crippen LogP contribution is 2.06. The third-order valence-corrected chi connectivity index (χ3v) is 3.55. The number of nitrogens with zero attached hydrogens (tertiary/aromatic N) is 3. The summed E-state index contributed by atoms with van der Waals surface area (Å²) in [5, 5.41) is 6.02. The van der Waals surface area contributed by atoms with Crippen LogP contribution in [-0.2, 0) is 6.54 Å². The van der Waals surface area contributed by atoms with E-state index in [0.717, 1.165) is 18.5 Å². The number of aryl methyl sites for hydroxylation is 1. The van der Waals surface area contributed by atoms with Crippen LogP contribution in [0.1, 0.15) is 27.9 Å². The highest BCUT2D eigenvalue weighted by molar-refractivity contribution is 5.93. The monoisotopic (exact) mass is 327 g/mol. The number of hydrogen-bond donors (Lipinski definition) is 2. The van der Waals surface area contributed by atoms with Gasteiger partial charge in [0, 0.05) is 25.5 Å². The molecule has 0 radical (unpaired) electrons. The molecule has 0 bridgehead atoms. The molecule has 2 rings (SSSR count). The molecule has 0 atom stereocenters. The standard InChI is InChI=1S/C18H25N5O/c1-14-5-7-15(8-6-14)11-20-18-21-12-16(13-22-18)17(24)19-9-4-10-23(2)3/h5-8,12-13H,4,9-11H2,1-3H3,(H,19,24)(H,20,21,22). The number of amides is 1. The van der Waals surface area contributed by atoms with Crippen LogP contribution in [-0.4, -0.2) is 48.0 Å². The maximum Gasteiger partial charge on any atom is 0.254 e. The molecule has 24 heavy (non-hydrogen) atoms. The lowest BCUT2D eigenvalue weighted by atomic mass is 10.1. The average Bonchev–Trinajstić information content (AvgIpc) is 2.58. The summed E-state index contributed by atoms with van der Waals surface area (Å²) in [6, 6.07) is 8.28. The minimum Gasteiger partial charge on any atom is -0.352 e. The van der Waals surface area contributed by atoms with Crippen molar-refractivity contribution in [3.8, 4) is 0 Å². The zero-order valence-electron chi connectivity index (χ0n) is 14.5. The number of carbonyl (C=O) groups excluding carboxylic acids is 1. The fourth-order valence-corrected chi connectivity index (χ4v) is 2.12. The first-order valence-corrected chi connectivity index (χ1v) is 8.09. The molecule has 2 N–H and O–H groups in total. The van der Waals surface area contributed by atoms with Crippen molar-refractivity contribution in [2.24, 2.45) is 0 Å². The van der Waals surface area contributed by atoms with Crippen molar-refractivity contribution in [2.45, 2.75) is 19.9 Å². The Kier molecular flexibility index (Phi) is 6.69. The quantitative estimate of drug-likeness (QED) is 0.727. The van der Waals surface area contributed by atoms with E-state index in [1.807, 2.05) is 14.1 Å². The predicted molar refractivity (Wildman–Crippen MR) is 96.0 cm³/mol. The molecule has 6 nitrogen and oxygen atoms in total. The zero-order chi connectivity index (χ0) is 17.4. The summed E-state index contributed by atoms with van der Waals surface area (Å²) in [6.07, 6.45) is 4.01. The number of nitrogens with one attached hydrogen (secondary N) is 2. The molecular weight excluding hydrogens is 302 g/mol. The van der Waals surface area contributed by atoms with Gasteiger partial charge in [0.1, 0.15) is 0 Å². The number of benzene rings is 1. The van der Waals surface area contributed by atoms with E-state index in [9.17, 15) is 4.79 Å². The minimum absolute atomic E-state index is 0.140. The molecule has 1 aromatic carbocycles. The number of aromatic nitrogens is 2. The van der Waals surface area contributed by atoms with Crippen LogP contribution in [0.25, 0.3) is 0 Å². The van der Waals surface area contributed by atoms with Gasteiger partial charge in [-0.05, 0) is 39.5 Å². The predicted octanol–water partition coefficient (Wildman–Crippen LogP) is 2.08. The van der Waals surface area contributed by atoms with E-state index >= 15 is 0 Å². The van der Waals surface area contributed by atoms with Gasteiger partial charge in [-0.1, -0.05) is 29.8 Å². The highest BCUT2D eigenvalue weighted by atomic mass is 16.1. The molecule has 0 saturated heterocycles. The number of carbonyl (C=O) groups is 1. The molecule has 1 heterocycles. The van der Waals surface area contributed by atoms with Gasteiger partial charge in [-0.25, -0.2) is 9.97 Å². The van der Waals surface area contributed by atoms with Gasteiger partial charge in [-0.2, -0.15) is 0 Å². The first-order valence-electron chi connectivity index (χ1n) is 8.09. The van der Waals surface area contributed by atoms with Crippen LogP contribution in [0, 0.1) is 6.92 Å². The second-order valence-corrected chi connectivity index (χ2v) is 6.05. The first kappa shape index (κ1) is 17.9. The van der Waals surface area contributed by atoms with E-state index in [4.69, 9.17) is 0 Å². The van der Waals surface area contributed by atoms with Gasteiger partial charge in [-0.15, -0.1) is 0 Å². The number of rotatable bonds is 8. The molecule has 0 spiro atoms. The van der Waals surface area contributed by atoms with Crippen molar-refractivity contribution in [1.29, 1.82) is 0 Å². The Hall–Kier alpha value is -2.47. The smallest absolute Gasteiger partial charge is 0.254 e. The van der Waals surface area contributed by atoms with E-state index in [1.54, 1.807) is 12.4 Å². The van der Waals surface area contributed by atoms with E-state index in [-0.39, 0.29) is 5.91 Å². The fraction of sp³-hybridized carbons (Fsp3) is 0.389. The van der Waals surface area contributed by atoms with Crippen molar-refractivity contribution in [2.75, 3.05) is 32.5 Å². The van der Waals surface area contributed by atoms with Gasteiger partial charge in [0.2, 0.25) is 5.95 Å². The maximum absolute atomic E-state index is 12.0. The normalized spacial score (nSPS) is 10.7. The van der Waals surface area contributed by atoms with E-state index in [1.165, 1.54) is 5.56 Å². The summed E-state index contributed by atoms with van der Waals surface area (Å²) >= 11 is 0. The van der Waals surface area contributed by atoms with Crippen molar-refractivity contribution >= 4 is 11.9 Å². The fourth-order valence-electron chi connectivity index (χ4n) is 2.12. The minimum atomic E-state index is -0.140. The topological polar surface area (TPSA) is 70.2 Å². The van der Waals surface area contributed by atoms with Crippen molar-refractivity contribution < 1.29 is 4.79 Å². The van der Waals surface area contributed by atoms with Gasteiger partial charge in [0.15, 0.2) is 0 Å². The molecule has 0 aliphatic heterocycles. The van der Waals surface area contributed by atoms with Crippen molar-refractivity contribution in [1.82, 2.24) is 20.2 Å². The largest absolute Gasteiger partial charge is 0.352 e. The van der Waals surface area contributed by atoms with Gasteiger partial charge >= 0.3 is 0 Å². The lowest BCUT2D eigenvalue weighted by Crippen LogP contribution is -2.27.